The Morgan fingerprint density at radius 1 is 1.33 bits per heavy atom. The van der Waals surface area contributed by atoms with Gasteiger partial charge in [-0.1, -0.05) is 0 Å². The normalized spacial score (nSPS) is 12.0. The standard InChI is InChI=1S/C7H15O2/c1-7(2,3)9-6-4-5-8/h4-6H2,1-3H3. The summed E-state index contributed by atoms with van der Waals surface area (Å²) in [4.78, 5) is 0. The topological polar surface area (TPSA) is 29.1 Å². The summed E-state index contributed by atoms with van der Waals surface area (Å²) < 4.78 is 5.27. The molecule has 1 radical (unpaired) electrons. The lowest BCUT2D eigenvalue weighted by Crippen LogP contribution is -2.19. The summed E-state index contributed by atoms with van der Waals surface area (Å²) in [5.74, 6) is 0. The van der Waals surface area contributed by atoms with E-state index in [1.54, 1.807) is 0 Å². The van der Waals surface area contributed by atoms with Crippen molar-refractivity contribution in [3.63, 3.8) is 0 Å². The first kappa shape index (κ1) is 8.92. The summed E-state index contributed by atoms with van der Waals surface area (Å²) in [5.41, 5.74) is -0.0881. The Hall–Kier alpha value is -0.0800. The molecule has 0 aromatic carbocycles. The molecule has 0 aliphatic heterocycles. The quantitative estimate of drug-likeness (QED) is 0.535. The highest BCUT2D eigenvalue weighted by molar-refractivity contribution is 4.57. The van der Waals surface area contributed by atoms with Crippen molar-refractivity contribution in [3.05, 3.63) is 0 Å². The number of hydrogen-bond donors (Lipinski definition) is 0. The highest BCUT2D eigenvalue weighted by atomic mass is 16.5. The van der Waals surface area contributed by atoms with Gasteiger partial charge in [-0.3, -0.25) is 0 Å². The van der Waals surface area contributed by atoms with E-state index >= 15 is 0 Å². The van der Waals surface area contributed by atoms with Crippen LogP contribution in [0, 0.1) is 0 Å². The maximum Gasteiger partial charge on any atom is 0.0844 e. The van der Waals surface area contributed by atoms with Crippen molar-refractivity contribution in [2.45, 2.75) is 32.8 Å². The highest BCUT2D eigenvalue weighted by Crippen LogP contribution is 2.06. The minimum absolute atomic E-state index is 0.0317. The average molecular weight is 131 g/mol. The zero-order valence-corrected chi connectivity index (χ0v) is 6.44. The summed E-state index contributed by atoms with van der Waals surface area (Å²) in [5, 5.41) is 9.94. The van der Waals surface area contributed by atoms with Gasteiger partial charge in [0.1, 0.15) is 0 Å². The third-order valence-electron chi connectivity index (χ3n) is 0.824. The first-order chi connectivity index (χ1) is 4.06. The molecule has 0 N–H and O–H groups in total. The van der Waals surface area contributed by atoms with E-state index in [-0.39, 0.29) is 12.2 Å². The molecule has 0 unspecified atom stereocenters. The first-order valence-corrected chi connectivity index (χ1v) is 3.28. The van der Waals surface area contributed by atoms with E-state index in [9.17, 15) is 5.11 Å². The fraction of sp³-hybridized carbons (Fsp3) is 1.00. The molecule has 0 atom stereocenters. The van der Waals surface area contributed by atoms with Gasteiger partial charge < -0.3 is 4.74 Å². The van der Waals surface area contributed by atoms with Crippen molar-refractivity contribution in [1.29, 1.82) is 0 Å². The van der Waals surface area contributed by atoms with Crippen molar-refractivity contribution in [1.82, 2.24) is 0 Å². The van der Waals surface area contributed by atoms with Gasteiger partial charge in [-0.2, -0.15) is 0 Å². The zero-order valence-electron chi connectivity index (χ0n) is 6.44. The van der Waals surface area contributed by atoms with Crippen LogP contribution in [-0.2, 0) is 9.84 Å². The van der Waals surface area contributed by atoms with Crippen molar-refractivity contribution in [2.75, 3.05) is 13.2 Å². The second kappa shape index (κ2) is 3.85. The second-order valence-electron chi connectivity index (χ2n) is 3.02. The van der Waals surface area contributed by atoms with Gasteiger partial charge in [0.25, 0.3) is 0 Å². The molecular formula is C7H15O2. The summed E-state index contributed by atoms with van der Waals surface area (Å²) in [6.07, 6.45) is 0.622. The van der Waals surface area contributed by atoms with Gasteiger partial charge in [0.05, 0.1) is 12.2 Å². The molecule has 0 aliphatic rings. The molecule has 2 nitrogen and oxygen atoms in total. The molecule has 0 saturated carbocycles. The van der Waals surface area contributed by atoms with E-state index in [0.717, 1.165) is 0 Å². The van der Waals surface area contributed by atoms with E-state index < -0.39 is 0 Å². The van der Waals surface area contributed by atoms with E-state index in [4.69, 9.17) is 4.74 Å². The van der Waals surface area contributed by atoms with Crippen LogP contribution in [0.2, 0.25) is 0 Å². The largest absolute Gasteiger partial charge is 0.376 e. The van der Waals surface area contributed by atoms with Gasteiger partial charge in [0.2, 0.25) is 0 Å². The molecule has 0 aromatic rings. The lowest BCUT2D eigenvalue weighted by molar-refractivity contribution is -0.0122. The second-order valence-corrected chi connectivity index (χ2v) is 3.02. The Kier molecular flexibility index (Phi) is 3.82. The molecule has 0 aliphatic carbocycles. The number of rotatable bonds is 3. The molecule has 0 spiro atoms. The van der Waals surface area contributed by atoms with Crippen LogP contribution in [0.25, 0.3) is 0 Å². The maximum absolute atomic E-state index is 9.94. The average Bonchev–Trinajstić information content (AvgIpc) is 1.63. The number of hydrogen-bond acceptors (Lipinski definition) is 1. The van der Waals surface area contributed by atoms with Crippen LogP contribution in [0.3, 0.4) is 0 Å². The fourth-order valence-corrected chi connectivity index (χ4v) is 0.437. The fourth-order valence-electron chi connectivity index (χ4n) is 0.437. The predicted molar refractivity (Wildman–Crippen MR) is 35.9 cm³/mol. The number of ether oxygens (including phenoxy) is 1. The third kappa shape index (κ3) is 7.92. The van der Waals surface area contributed by atoms with Gasteiger partial charge in [-0.25, -0.2) is 5.11 Å². The molecule has 55 valence electrons. The van der Waals surface area contributed by atoms with Gasteiger partial charge >= 0.3 is 0 Å². The molecule has 0 saturated heterocycles. The summed E-state index contributed by atoms with van der Waals surface area (Å²) in [6, 6.07) is 0. The van der Waals surface area contributed by atoms with Crippen molar-refractivity contribution < 1.29 is 9.84 Å². The Morgan fingerprint density at radius 3 is 2.22 bits per heavy atom. The summed E-state index contributed by atoms with van der Waals surface area (Å²) in [7, 11) is 0. The minimum atomic E-state index is -0.0881. The van der Waals surface area contributed by atoms with Gasteiger partial charge in [-0.15, -0.1) is 0 Å². The smallest absolute Gasteiger partial charge is 0.0844 e. The van der Waals surface area contributed by atoms with Gasteiger partial charge in [0, 0.05) is 6.61 Å². The van der Waals surface area contributed by atoms with E-state index in [1.165, 1.54) is 0 Å². The maximum atomic E-state index is 9.94. The van der Waals surface area contributed by atoms with E-state index in [0.29, 0.717) is 13.0 Å². The van der Waals surface area contributed by atoms with Crippen LogP contribution in [0.15, 0.2) is 0 Å². The van der Waals surface area contributed by atoms with Crippen LogP contribution < -0.4 is 0 Å². The van der Waals surface area contributed by atoms with Crippen molar-refractivity contribution >= 4 is 0 Å². The predicted octanol–water partition coefficient (Wildman–Crippen LogP) is 1.62. The first-order valence-electron chi connectivity index (χ1n) is 3.28. The van der Waals surface area contributed by atoms with Crippen LogP contribution in [-0.4, -0.2) is 18.8 Å². The Morgan fingerprint density at radius 2 is 1.89 bits per heavy atom. The Labute approximate surface area is 56.8 Å². The van der Waals surface area contributed by atoms with Gasteiger partial charge in [0.15, 0.2) is 0 Å². The monoisotopic (exact) mass is 131 g/mol. The lowest BCUT2D eigenvalue weighted by Gasteiger charge is -2.18. The molecule has 0 fully saturated rings. The van der Waals surface area contributed by atoms with Crippen molar-refractivity contribution in [2.24, 2.45) is 0 Å². The van der Waals surface area contributed by atoms with Crippen LogP contribution in [0.1, 0.15) is 27.2 Å². The molecule has 0 amide bonds. The van der Waals surface area contributed by atoms with Crippen LogP contribution in [0.4, 0.5) is 0 Å². The highest BCUT2D eigenvalue weighted by Gasteiger charge is 2.08. The van der Waals surface area contributed by atoms with Crippen molar-refractivity contribution in [3.8, 4) is 0 Å². The van der Waals surface area contributed by atoms with Crippen LogP contribution >= 0.6 is 0 Å². The molecule has 9 heavy (non-hydrogen) atoms. The van der Waals surface area contributed by atoms with Gasteiger partial charge in [-0.05, 0) is 27.2 Å². The third-order valence-corrected chi connectivity index (χ3v) is 0.824. The molecule has 0 rings (SSSR count). The Balaban J connectivity index is 3.07. The molecular weight excluding hydrogens is 116 g/mol. The lowest BCUT2D eigenvalue weighted by atomic mass is 10.2. The minimum Gasteiger partial charge on any atom is -0.376 e. The van der Waals surface area contributed by atoms with E-state index in [1.807, 2.05) is 20.8 Å². The molecule has 2 heteroatoms. The van der Waals surface area contributed by atoms with E-state index in [2.05, 4.69) is 0 Å². The molecule has 0 aromatic heterocycles. The zero-order chi connectivity index (χ0) is 7.33. The molecule has 0 heterocycles. The summed E-state index contributed by atoms with van der Waals surface area (Å²) >= 11 is 0. The summed E-state index contributed by atoms with van der Waals surface area (Å²) in [6.45, 7) is 6.51. The molecule has 0 bridgehead atoms. The Bertz CT molecular complexity index is 63.8. The SMILES string of the molecule is CC(C)(C)OCCC[O]. The van der Waals surface area contributed by atoms with Crippen LogP contribution in [0.5, 0.6) is 0 Å².